The second-order valence-corrected chi connectivity index (χ2v) is 4.93. The van der Waals surface area contributed by atoms with Crippen LogP contribution in [0.2, 0.25) is 0 Å². The summed E-state index contributed by atoms with van der Waals surface area (Å²) in [6.07, 6.45) is 3.67. The summed E-state index contributed by atoms with van der Waals surface area (Å²) in [4.78, 5) is 0. The first-order chi connectivity index (χ1) is 10.7. The normalized spacial score (nSPS) is 11.4. The summed E-state index contributed by atoms with van der Waals surface area (Å²) < 4.78 is 0. The Labute approximate surface area is 132 Å². The van der Waals surface area contributed by atoms with Crippen molar-refractivity contribution >= 4 is 29.9 Å². The lowest BCUT2D eigenvalue weighted by atomic mass is 9.88. The molecule has 0 fully saturated rings. The second-order valence-electron chi connectivity index (χ2n) is 4.93. The summed E-state index contributed by atoms with van der Waals surface area (Å²) in [5.74, 6) is 0. The van der Waals surface area contributed by atoms with Gasteiger partial charge in [-0.3, -0.25) is 0 Å². The van der Waals surface area contributed by atoms with E-state index in [0.717, 1.165) is 41.0 Å². The van der Waals surface area contributed by atoms with E-state index < -0.39 is 0 Å². The van der Waals surface area contributed by atoms with Crippen LogP contribution >= 0.6 is 0 Å². The van der Waals surface area contributed by atoms with Gasteiger partial charge in [0.15, 0.2) is 0 Å². The average Bonchev–Trinajstić information content (AvgIpc) is 2.57. The van der Waals surface area contributed by atoms with Crippen molar-refractivity contribution in [3.63, 3.8) is 0 Å². The number of para-hydroxylation sites is 1. The fourth-order valence-electron chi connectivity index (χ4n) is 2.27. The number of anilines is 2. The Balaban J connectivity index is 2.44. The van der Waals surface area contributed by atoms with Crippen molar-refractivity contribution < 1.29 is 5.02 Å². The molecule has 2 aromatic rings. The molecule has 0 aromatic heterocycles. The van der Waals surface area contributed by atoms with Crippen molar-refractivity contribution in [2.24, 2.45) is 0 Å². The molecule has 0 saturated heterocycles. The van der Waals surface area contributed by atoms with Gasteiger partial charge in [0, 0.05) is 16.9 Å². The van der Waals surface area contributed by atoms with E-state index >= 15 is 0 Å². The first kappa shape index (κ1) is 15.9. The highest BCUT2D eigenvalue weighted by Gasteiger charge is 2.07. The highest BCUT2D eigenvalue weighted by atomic mass is 16.2. The standard InChI is InChI=1S/C19H19BNO/c1-4-14(3)17(5-2)18-11-6-7-12-19(18)21-16-10-8-9-15(13-16)20-22/h4-13,21-22H,1-2H2,3H3/b17-14+. The zero-order valence-electron chi connectivity index (χ0n) is 12.7. The molecule has 0 saturated carbocycles. The molecule has 2 N–H and O–H groups in total. The molecule has 1 radical (unpaired) electrons. The van der Waals surface area contributed by atoms with Gasteiger partial charge in [0.2, 0.25) is 0 Å². The van der Waals surface area contributed by atoms with Gasteiger partial charge in [-0.15, -0.1) is 0 Å². The Bertz CT molecular complexity index is 719. The highest BCUT2D eigenvalue weighted by Crippen LogP contribution is 2.29. The molecule has 2 aromatic carbocycles. The third kappa shape index (κ3) is 3.57. The lowest BCUT2D eigenvalue weighted by Gasteiger charge is -2.14. The third-order valence-corrected chi connectivity index (χ3v) is 3.47. The van der Waals surface area contributed by atoms with Crippen LogP contribution in [-0.2, 0) is 0 Å². The van der Waals surface area contributed by atoms with E-state index in [1.807, 2.05) is 67.6 Å². The maximum absolute atomic E-state index is 9.13. The van der Waals surface area contributed by atoms with E-state index in [1.165, 1.54) is 0 Å². The van der Waals surface area contributed by atoms with Crippen LogP contribution in [0.3, 0.4) is 0 Å². The zero-order chi connectivity index (χ0) is 15.9. The van der Waals surface area contributed by atoms with Crippen molar-refractivity contribution in [2.45, 2.75) is 6.92 Å². The van der Waals surface area contributed by atoms with E-state index in [4.69, 9.17) is 5.02 Å². The van der Waals surface area contributed by atoms with Crippen LogP contribution in [0.15, 0.2) is 79.4 Å². The molecule has 2 nitrogen and oxygen atoms in total. The molecule has 0 bridgehead atoms. The first-order valence-electron chi connectivity index (χ1n) is 7.09. The molecule has 0 aliphatic rings. The molecule has 0 amide bonds. The van der Waals surface area contributed by atoms with Crippen LogP contribution in [0.5, 0.6) is 0 Å². The smallest absolute Gasteiger partial charge is 0.326 e. The molecular formula is C19H19BNO. The van der Waals surface area contributed by atoms with E-state index in [1.54, 1.807) is 0 Å². The zero-order valence-corrected chi connectivity index (χ0v) is 12.7. The van der Waals surface area contributed by atoms with Gasteiger partial charge < -0.3 is 10.3 Å². The number of benzene rings is 2. The van der Waals surface area contributed by atoms with Crippen molar-refractivity contribution in [1.82, 2.24) is 0 Å². The SMILES string of the molecule is C=C/C(C)=C(\C=C)c1ccccc1Nc1cccc([B]O)c1. The van der Waals surface area contributed by atoms with Gasteiger partial charge in [-0.25, -0.2) is 0 Å². The minimum absolute atomic E-state index is 0.754. The molecule has 0 unspecified atom stereocenters. The lowest BCUT2D eigenvalue weighted by molar-refractivity contribution is 0.615. The summed E-state index contributed by atoms with van der Waals surface area (Å²) in [5, 5.41) is 12.5. The fourth-order valence-corrected chi connectivity index (χ4v) is 2.27. The maximum Gasteiger partial charge on any atom is 0.326 e. The highest BCUT2D eigenvalue weighted by molar-refractivity contribution is 6.45. The van der Waals surface area contributed by atoms with Crippen molar-refractivity contribution in [3.05, 3.63) is 85.0 Å². The van der Waals surface area contributed by atoms with Crippen LogP contribution in [0, 0.1) is 0 Å². The van der Waals surface area contributed by atoms with Crippen molar-refractivity contribution in [1.29, 1.82) is 0 Å². The summed E-state index contributed by atoms with van der Waals surface area (Å²) >= 11 is 0. The fraction of sp³-hybridized carbons (Fsp3) is 0.0526. The van der Waals surface area contributed by atoms with Crippen LogP contribution in [0.25, 0.3) is 5.57 Å². The first-order valence-corrected chi connectivity index (χ1v) is 7.09. The molecule has 3 heteroatoms. The van der Waals surface area contributed by atoms with Crippen molar-refractivity contribution in [3.8, 4) is 0 Å². The van der Waals surface area contributed by atoms with Crippen LogP contribution in [0.4, 0.5) is 11.4 Å². The summed E-state index contributed by atoms with van der Waals surface area (Å²) in [6, 6.07) is 15.6. The minimum Gasteiger partial charge on any atom is -0.450 e. The molecular weight excluding hydrogens is 269 g/mol. The molecule has 0 heterocycles. The molecule has 0 aliphatic carbocycles. The Morgan fingerprint density at radius 2 is 1.86 bits per heavy atom. The largest absolute Gasteiger partial charge is 0.450 e. The van der Waals surface area contributed by atoms with Gasteiger partial charge in [0.25, 0.3) is 0 Å². The van der Waals surface area contributed by atoms with E-state index in [0.29, 0.717) is 0 Å². The van der Waals surface area contributed by atoms with Gasteiger partial charge in [-0.1, -0.05) is 61.1 Å². The van der Waals surface area contributed by atoms with Gasteiger partial charge in [0.1, 0.15) is 0 Å². The molecule has 0 atom stereocenters. The van der Waals surface area contributed by atoms with Gasteiger partial charge in [-0.2, -0.15) is 0 Å². The third-order valence-electron chi connectivity index (χ3n) is 3.47. The van der Waals surface area contributed by atoms with E-state index in [-0.39, 0.29) is 0 Å². The second kappa shape index (κ2) is 7.48. The Hall–Kier alpha value is -2.52. The van der Waals surface area contributed by atoms with Crippen LogP contribution in [-0.4, -0.2) is 12.5 Å². The number of allylic oxidation sites excluding steroid dienone is 4. The maximum atomic E-state index is 9.13. The Morgan fingerprint density at radius 1 is 1.09 bits per heavy atom. The summed E-state index contributed by atoms with van der Waals surface area (Å²) in [6.45, 7) is 9.76. The summed E-state index contributed by atoms with van der Waals surface area (Å²) in [5.41, 5.74) is 5.82. The Kier molecular flexibility index (Phi) is 5.40. The number of nitrogens with one attached hydrogen (secondary N) is 1. The summed E-state index contributed by atoms with van der Waals surface area (Å²) in [7, 11) is 1.09. The molecule has 109 valence electrons. The van der Waals surface area contributed by atoms with E-state index in [9.17, 15) is 0 Å². The van der Waals surface area contributed by atoms with Crippen LogP contribution in [0.1, 0.15) is 12.5 Å². The minimum atomic E-state index is 0.754. The van der Waals surface area contributed by atoms with Crippen LogP contribution < -0.4 is 10.8 Å². The average molecular weight is 288 g/mol. The van der Waals surface area contributed by atoms with Gasteiger partial charge in [-0.05, 0) is 36.3 Å². The monoisotopic (exact) mass is 288 g/mol. The molecule has 2 rings (SSSR count). The number of hydrogen-bond donors (Lipinski definition) is 2. The number of rotatable bonds is 6. The predicted molar refractivity (Wildman–Crippen MR) is 96.8 cm³/mol. The van der Waals surface area contributed by atoms with Gasteiger partial charge in [0.05, 0.1) is 0 Å². The predicted octanol–water partition coefficient (Wildman–Crippen LogP) is 3.81. The number of hydrogen-bond acceptors (Lipinski definition) is 2. The van der Waals surface area contributed by atoms with Crippen molar-refractivity contribution in [2.75, 3.05) is 5.32 Å². The van der Waals surface area contributed by atoms with E-state index in [2.05, 4.69) is 18.5 Å². The molecule has 0 aliphatic heterocycles. The molecule has 0 spiro atoms. The quantitative estimate of drug-likeness (QED) is 0.625. The van der Waals surface area contributed by atoms with Gasteiger partial charge >= 0.3 is 7.48 Å². The molecule has 22 heavy (non-hydrogen) atoms. The Morgan fingerprint density at radius 3 is 2.55 bits per heavy atom. The lowest BCUT2D eigenvalue weighted by Crippen LogP contribution is -2.13. The topological polar surface area (TPSA) is 32.3 Å².